The molecule has 0 bridgehead atoms. The summed E-state index contributed by atoms with van der Waals surface area (Å²) < 4.78 is 14.1. The molecule has 156 valence electrons. The number of rotatable bonds is 4. The van der Waals surface area contributed by atoms with Crippen molar-refractivity contribution in [2.75, 3.05) is 0 Å². The van der Waals surface area contributed by atoms with Crippen molar-refractivity contribution in [1.29, 1.82) is 0 Å². The Morgan fingerprint density at radius 3 is 2.31 bits per heavy atom. The van der Waals surface area contributed by atoms with Crippen molar-refractivity contribution >= 4 is 18.5 Å². The number of carbonyl (C=O) groups is 1. The van der Waals surface area contributed by atoms with Crippen molar-refractivity contribution in [2.24, 2.45) is 0 Å². The molecule has 6 nitrogen and oxygen atoms in total. The predicted molar refractivity (Wildman–Crippen MR) is 115 cm³/mol. The van der Waals surface area contributed by atoms with E-state index in [9.17, 15) is 4.79 Å². The van der Waals surface area contributed by atoms with Crippen molar-refractivity contribution in [2.45, 2.75) is 78.7 Å². The molecule has 0 saturated carbocycles. The van der Waals surface area contributed by atoms with E-state index in [1.807, 2.05) is 67.5 Å². The topological polar surface area (TPSA) is 65.4 Å². The van der Waals surface area contributed by atoms with E-state index in [0.717, 1.165) is 16.6 Å². The molecule has 29 heavy (non-hydrogen) atoms. The summed E-state index contributed by atoms with van der Waals surface area (Å²) in [5.74, 6) is -0.130. The van der Waals surface area contributed by atoms with E-state index in [2.05, 4.69) is 16.5 Å². The molecule has 2 heterocycles. The molecule has 0 aliphatic carbocycles. The highest BCUT2D eigenvalue weighted by molar-refractivity contribution is 6.62. The fourth-order valence-corrected chi connectivity index (χ4v) is 3.13. The SMILES string of the molecule is Cc1cc(B2OC(C)(C)C(C)(C)O2)ccc1CNC(=O)c1cnn(C(C)(C)C)c1. The minimum atomic E-state index is -0.384. The summed E-state index contributed by atoms with van der Waals surface area (Å²) in [7, 11) is -0.384. The molecular weight excluding hydrogens is 365 g/mol. The zero-order chi connectivity index (χ0) is 21.6. The van der Waals surface area contributed by atoms with Crippen LogP contribution in [0.1, 0.15) is 70.0 Å². The molecule has 1 N–H and O–H groups in total. The number of nitrogens with one attached hydrogen (secondary N) is 1. The number of carbonyl (C=O) groups excluding carboxylic acids is 1. The van der Waals surface area contributed by atoms with Crippen molar-refractivity contribution < 1.29 is 14.1 Å². The number of benzene rings is 1. The van der Waals surface area contributed by atoms with Crippen molar-refractivity contribution in [1.82, 2.24) is 15.1 Å². The summed E-state index contributed by atoms with van der Waals surface area (Å²) >= 11 is 0. The largest absolute Gasteiger partial charge is 0.494 e. The first kappa shape index (κ1) is 21.6. The van der Waals surface area contributed by atoms with Crippen LogP contribution in [-0.2, 0) is 21.4 Å². The maximum atomic E-state index is 12.5. The maximum Gasteiger partial charge on any atom is 0.494 e. The van der Waals surface area contributed by atoms with Gasteiger partial charge in [0.25, 0.3) is 5.91 Å². The fraction of sp³-hybridized carbons (Fsp3) is 0.545. The van der Waals surface area contributed by atoms with E-state index >= 15 is 0 Å². The smallest absolute Gasteiger partial charge is 0.399 e. The minimum absolute atomic E-state index is 0.130. The minimum Gasteiger partial charge on any atom is -0.399 e. The normalized spacial score (nSPS) is 18.1. The Balaban J connectivity index is 1.66. The molecule has 0 atom stereocenters. The van der Waals surface area contributed by atoms with Gasteiger partial charge in [-0.25, -0.2) is 0 Å². The lowest BCUT2D eigenvalue weighted by Crippen LogP contribution is -2.41. The molecule has 1 aromatic carbocycles. The van der Waals surface area contributed by atoms with Crippen LogP contribution >= 0.6 is 0 Å². The summed E-state index contributed by atoms with van der Waals surface area (Å²) in [6, 6.07) is 6.10. The molecule has 1 fully saturated rings. The van der Waals surface area contributed by atoms with Gasteiger partial charge in [0, 0.05) is 12.7 Å². The van der Waals surface area contributed by atoms with Crippen LogP contribution < -0.4 is 10.8 Å². The molecule has 1 saturated heterocycles. The standard InChI is InChI=1S/C22H32BN3O3/c1-15-11-18(23-28-21(5,6)22(7,8)29-23)10-9-16(15)12-24-19(27)17-13-25-26(14-17)20(2,3)4/h9-11,13-14H,12H2,1-8H3,(H,24,27). The van der Waals surface area contributed by atoms with E-state index < -0.39 is 0 Å². The zero-order valence-electron chi connectivity index (χ0n) is 18.8. The summed E-state index contributed by atoms with van der Waals surface area (Å²) in [5, 5.41) is 7.27. The van der Waals surface area contributed by atoms with Crippen LogP contribution in [0.2, 0.25) is 0 Å². The third kappa shape index (κ3) is 4.41. The van der Waals surface area contributed by atoms with Crippen LogP contribution in [0.5, 0.6) is 0 Å². The molecule has 1 amide bonds. The Bertz CT molecular complexity index is 896. The third-order valence-electron chi connectivity index (χ3n) is 5.86. The molecule has 0 radical (unpaired) electrons. The van der Waals surface area contributed by atoms with Crippen molar-refractivity contribution in [3.05, 3.63) is 47.3 Å². The third-order valence-corrected chi connectivity index (χ3v) is 5.86. The van der Waals surface area contributed by atoms with Gasteiger partial charge in [-0.05, 0) is 72.0 Å². The number of aromatic nitrogens is 2. The van der Waals surface area contributed by atoms with Gasteiger partial charge in [0.15, 0.2) is 0 Å². The monoisotopic (exact) mass is 397 g/mol. The van der Waals surface area contributed by atoms with Crippen LogP contribution in [0.25, 0.3) is 0 Å². The number of nitrogens with zero attached hydrogens (tertiary/aromatic N) is 2. The molecule has 1 aliphatic heterocycles. The Kier molecular flexibility index (Phi) is 5.43. The second-order valence-corrected chi connectivity index (χ2v) is 9.80. The van der Waals surface area contributed by atoms with Gasteiger partial charge in [-0.1, -0.05) is 18.2 Å². The average Bonchev–Trinajstić information content (AvgIpc) is 3.16. The summed E-state index contributed by atoms with van der Waals surface area (Å²) in [5.41, 5.74) is 2.81. The van der Waals surface area contributed by atoms with Crippen LogP contribution in [0.3, 0.4) is 0 Å². The van der Waals surface area contributed by atoms with E-state index in [1.165, 1.54) is 0 Å². The number of amides is 1. The Morgan fingerprint density at radius 2 is 1.79 bits per heavy atom. The Morgan fingerprint density at radius 1 is 1.17 bits per heavy atom. The zero-order valence-corrected chi connectivity index (χ0v) is 18.8. The quantitative estimate of drug-likeness (QED) is 0.805. The lowest BCUT2D eigenvalue weighted by molar-refractivity contribution is 0.00578. The summed E-state index contributed by atoms with van der Waals surface area (Å²) in [6.45, 7) is 16.8. The number of aryl methyl sites for hydroxylation is 1. The van der Waals surface area contributed by atoms with Crippen molar-refractivity contribution in [3.8, 4) is 0 Å². The average molecular weight is 397 g/mol. The van der Waals surface area contributed by atoms with Gasteiger partial charge in [0.2, 0.25) is 0 Å². The molecule has 3 rings (SSSR count). The number of hydrogen-bond donors (Lipinski definition) is 1. The van der Waals surface area contributed by atoms with Crippen LogP contribution in [-0.4, -0.2) is 34.0 Å². The summed E-state index contributed by atoms with van der Waals surface area (Å²) in [4.78, 5) is 12.5. The first-order valence-electron chi connectivity index (χ1n) is 10.1. The highest BCUT2D eigenvalue weighted by Crippen LogP contribution is 2.36. The molecule has 1 aliphatic rings. The fourth-order valence-electron chi connectivity index (χ4n) is 3.13. The molecule has 2 aromatic rings. The van der Waals surface area contributed by atoms with Gasteiger partial charge in [-0.15, -0.1) is 0 Å². The highest BCUT2D eigenvalue weighted by Gasteiger charge is 2.51. The van der Waals surface area contributed by atoms with E-state index in [4.69, 9.17) is 9.31 Å². The molecular formula is C22H32BN3O3. The van der Waals surface area contributed by atoms with Gasteiger partial charge >= 0.3 is 7.12 Å². The van der Waals surface area contributed by atoms with Gasteiger partial charge in [0.1, 0.15) is 0 Å². The summed E-state index contributed by atoms with van der Waals surface area (Å²) in [6.07, 6.45) is 3.39. The first-order valence-corrected chi connectivity index (χ1v) is 10.1. The number of hydrogen-bond acceptors (Lipinski definition) is 4. The Hall–Kier alpha value is -2.12. The molecule has 7 heteroatoms. The highest BCUT2D eigenvalue weighted by atomic mass is 16.7. The van der Waals surface area contributed by atoms with E-state index in [0.29, 0.717) is 12.1 Å². The maximum absolute atomic E-state index is 12.5. The predicted octanol–water partition coefficient (Wildman–Crippen LogP) is 3.18. The van der Waals surface area contributed by atoms with E-state index in [1.54, 1.807) is 17.1 Å². The lowest BCUT2D eigenvalue weighted by Gasteiger charge is -2.32. The second kappa shape index (κ2) is 7.29. The molecule has 0 spiro atoms. The van der Waals surface area contributed by atoms with Gasteiger partial charge in [-0.2, -0.15) is 5.10 Å². The van der Waals surface area contributed by atoms with Crippen molar-refractivity contribution in [3.63, 3.8) is 0 Å². The van der Waals surface area contributed by atoms with Crippen LogP contribution in [0.4, 0.5) is 0 Å². The first-order chi connectivity index (χ1) is 13.3. The molecule has 1 aromatic heterocycles. The molecule has 0 unspecified atom stereocenters. The lowest BCUT2D eigenvalue weighted by atomic mass is 9.78. The van der Waals surface area contributed by atoms with E-state index in [-0.39, 0.29) is 29.8 Å². The second-order valence-electron chi connectivity index (χ2n) is 9.80. The van der Waals surface area contributed by atoms with Gasteiger partial charge < -0.3 is 14.6 Å². The van der Waals surface area contributed by atoms with Crippen LogP contribution in [0, 0.1) is 6.92 Å². The van der Waals surface area contributed by atoms with Crippen LogP contribution in [0.15, 0.2) is 30.6 Å². The van der Waals surface area contributed by atoms with Gasteiger partial charge in [0.05, 0.1) is 28.5 Å². The van der Waals surface area contributed by atoms with Gasteiger partial charge in [-0.3, -0.25) is 9.48 Å². The Labute approximate surface area is 174 Å².